The van der Waals surface area contributed by atoms with Crippen LogP contribution in [0.1, 0.15) is 44.1 Å². The van der Waals surface area contributed by atoms with E-state index in [4.69, 9.17) is 4.74 Å². The lowest BCUT2D eigenvalue weighted by molar-refractivity contribution is -0.148. The molecule has 3 heterocycles. The molecule has 0 aliphatic carbocycles. The molecule has 3 fully saturated rings. The van der Waals surface area contributed by atoms with Gasteiger partial charge in [-0.15, -0.1) is 13.2 Å². The van der Waals surface area contributed by atoms with Gasteiger partial charge in [-0.25, -0.2) is 0 Å². The number of hydrogen-bond acceptors (Lipinski definition) is 5. The quantitative estimate of drug-likeness (QED) is 0.248. The number of carbonyl (C=O) groups excluding carboxylic acids is 3. The number of likely N-dealkylation sites (tertiary alicyclic amines) is 1. The van der Waals surface area contributed by atoms with Gasteiger partial charge in [0.15, 0.2) is 0 Å². The minimum absolute atomic E-state index is 0.132. The van der Waals surface area contributed by atoms with Crippen molar-refractivity contribution in [2.24, 2.45) is 11.8 Å². The maximum Gasteiger partial charge on any atom is 0.248 e. The highest BCUT2D eigenvalue weighted by Crippen LogP contribution is 2.59. The number of hydrogen-bond donors (Lipinski definition) is 1. The molecule has 1 spiro atoms. The number of rotatable bonds is 15. The number of para-hydroxylation sites is 1. The van der Waals surface area contributed by atoms with Gasteiger partial charge in [-0.1, -0.05) is 73.5 Å². The number of unbranched alkanes of at least 4 members (excludes halogenated alkanes) is 3. The van der Waals surface area contributed by atoms with Crippen molar-refractivity contribution in [2.45, 2.75) is 62.8 Å². The van der Waals surface area contributed by atoms with Gasteiger partial charge in [-0.05, 0) is 43.4 Å². The molecule has 5 rings (SSSR count). The molecule has 43 heavy (non-hydrogen) atoms. The van der Waals surface area contributed by atoms with E-state index < -0.39 is 29.6 Å². The van der Waals surface area contributed by atoms with Crippen molar-refractivity contribution in [2.75, 3.05) is 31.1 Å². The molecule has 8 heteroatoms. The first kappa shape index (κ1) is 30.7. The first-order valence-corrected chi connectivity index (χ1v) is 15.5. The minimum atomic E-state index is -1.06. The summed E-state index contributed by atoms with van der Waals surface area (Å²) in [4.78, 5) is 48.4. The number of benzene rings is 2. The van der Waals surface area contributed by atoms with Crippen LogP contribution in [0.5, 0.6) is 0 Å². The van der Waals surface area contributed by atoms with Gasteiger partial charge in [0.25, 0.3) is 0 Å². The molecule has 3 amide bonds. The standard InChI is InChI=1S/C35H43N3O5/c1-3-21-36(25-26-15-9-7-10-16-26)34(42)31-35-20-19-28(43-35)29(30(35)33(41)38(31)23-13-5-6-14-24-39)32(40)37(22-4-2)27-17-11-8-12-18-27/h3-4,7-12,15-18,28-31,39H,1-2,5-6,13-14,19-25H2/t28-,29+,30+,31?,35?/m1/s1. The third-order valence-electron chi connectivity index (χ3n) is 9.15. The Morgan fingerprint density at radius 2 is 1.63 bits per heavy atom. The van der Waals surface area contributed by atoms with Crippen LogP contribution in [0.15, 0.2) is 86.0 Å². The Balaban J connectivity index is 1.49. The van der Waals surface area contributed by atoms with E-state index in [0.717, 1.165) is 24.1 Å². The Kier molecular flexibility index (Phi) is 9.78. The predicted octanol–water partition coefficient (Wildman–Crippen LogP) is 4.35. The summed E-state index contributed by atoms with van der Waals surface area (Å²) in [7, 11) is 0. The summed E-state index contributed by atoms with van der Waals surface area (Å²) >= 11 is 0. The molecule has 3 aliphatic heterocycles. The van der Waals surface area contributed by atoms with Crippen LogP contribution in [0.4, 0.5) is 5.69 Å². The average Bonchev–Trinajstić information content (AvgIpc) is 3.67. The van der Waals surface area contributed by atoms with Crippen molar-refractivity contribution in [1.82, 2.24) is 9.80 Å². The fraction of sp³-hybridized carbons (Fsp3) is 0.457. The van der Waals surface area contributed by atoms with E-state index in [9.17, 15) is 19.5 Å². The number of anilines is 1. The van der Waals surface area contributed by atoms with Gasteiger partial charge >= 0.3 is 0 Å². The van der Waals surface area contributed by atoms with Crippen molar-refractivity contribution < 1.29 is 24.2 Å². The Morgan fingerprint density at radius 1 is 0.953 bits per heavy atom. The molecule has 0 radical (unpaired) electrons. The van der Waals surface area contributed by atoms with Crippen molar-refractivity contribution in [1.29, 1.82) is 0 Å². The fourth-order valence-electron chi connectivity index (χ4n) is 7.31. The molecule has 0 saturated carbocycles. The van der Waals surface area contributed by atoms with Crippen LogP contribution in [0.3, 0.4) is 0 Å². The van der Waals surface area contributed by atoms with Crippen LogP contribution < -0.4 is 4.90 Å². The average molecular weight is 586 g/mol. The third kappa shape index (κ3) is 5.91. The van der Waals surface area contributed by atoms with Crippen molar-refractivity contribution in [3.63, 3.8) is 0 Å². The lowest BCUT2D eigenvalue weighted by Crippen LogP contribution is -2.56. The highest BCUT2D eigenvalue weighted by atomic mass is 16.5. The fourth-order valence-corrected chi connectivity index (χ4v) is 7.31. The van der Waals surface area contributed by atoms with Gasteiger partial charge in [0, 0.05) is 38.5 Å². The molecule has 228 valence electrons. The Labute approximate surface area is 254 Å². The van der Waals surface area contributed by atoms with Crippen LogP contribution in [-0.4, -0.2) is 76.6 Å². The maximum absolute atomic E-state index is 14.6. The zero-order valence-corrected chi connectivity index (χ0v) is 24.9. The predicted molar refractivity (Wildman–Crippen MR) is 166 cm³/mol. The molecule has 1 N–H and O–H groups in total. The van der Waals surface area contributed by atoms with Crippen molar-refractivity contribution >= 4 is 23.4 Å². The number of fused-ring (bicyclic) bond motifs is 1. The summed E-state index contributed by atoms with van der Waals surface area (Å²) in [6.07, 6.45) is 7.21. The number of aliphatic hydroxyl groups excluding tert-OH is 1. The second-order valence-corrected chi connectivity index (χ2v) is 11.8. The first-order chi connectivity index (χ1) is 21.0. The number of ether oxygens (including phenoxy) is 1. The van der Waals surface area contributed by atoms with Crippen LogP contribution >= 0.6 is 0 Å². The van der Waals surface area contributed by atoms with E-state index >= 15 is 0 Å². The molecule has 2 bridgehead atoms. The molecule has 3 aliphatic rings. The summed E-state index contributed by atoms with van der Waals surface area (Å²) < 4.78 is 6.70. The largest absolute Gasteiger partial charge is 0.396 e. The zero-order chi connectivity index (χ0) is 30.4. The number of amides is 3. The van der Waals surface area contributed by atoms with Crippen molar-refractivity contribution in [3.05, 3.63) is 91.5 Å². The molecule has 2 aromatic rings. The van der Waals surface area contributed by atoms with Crippen molar-refractivity contribution in [3.8, 4) is 0 Å². The summed E-state index contributed by atoms with van der Waals surface area (Å²) in [6.45, 7) is 9.30. The summed E-state index contributed by atoms with van der Waals surface area (Å²) in [6, 6.07) is 18.4. The summed E-state index contributed by atoms with van der Waals surface area (Å²) in [5.41, 5.74) is 0.666. The van der Waals surface area contributed by atoms with Crippen LogP contribution in [0.2, 0.25) is 0 Å². The molecular weight excluding hydrogens is 542 g/mol. The maximum atomic E-state index is 14.6. The Hall–Kier alpha value is -3.75. The molecule has 0 aromatic heterocycles. The van der Waals surface area contributed by atoms with Gasteiger partial charge < -0.3 is 24.5 Å². The lowest BCUT2D eigenvalue weighted by atomic mass is 9.70. The minimum Gasteiger partial charge on any atom is -0.396 e. The van der Waals surface area contributed by atoms with Crippen LogP contribution in [0.25, 0.3) is 0 Å². The molecule has 3 saturated heterocycles. The molecule has 8 nitrogen and oxygen atoms in total. The molecule has 2 aromatic carbocycles. The van der Waals surface area contributed by atoms with E-state index in [-0.39, 0.29) is 24.3 Å². The number of aliphatic hydroxyl groups is 1. The summed E-state index contributed by atoms with van der Waals surface area (Å²) in [5, 5.41) is 9.21. The Bertz CT molecular complexity index is 1300. The molecule has 2 unspecified atom stereocenters. The van der Waals surface area contributed by atoms with Gasteiger partial charge in [0.1, 0.15) is 11.6 Å². The summed E-state index contributed by atoms with van der Waals surface area (Å²) in [5.74, 6) is -1.93. The third-order valence-corrected chi connectivity index (χ3v) is 9.15. The second kappa shape index (κ2) is 13.7. The number of carbonyl (C=O) groups is 3. The van der Waals surface area contributed by atoms with Gasteiger partial charge in [-0.2, -0.15) is 0 Å². The number of nitrogens with zero attached hydrogens (tertiary/aromatic N) is 3. The SMILES string of the molecule is C=CCN(Cc1ccccc1)C(=O)C1N(CCCCCCO)C(=O)[C@@H]2[C@@H](C(=O)N(CC=C)c3ccccc3)[C@H]3CCC12O3. The smallest absolute Gasteiger partial charge is 0.248 e. The van der Waals surface area contributed by atoms with E-state index in [1.807, 2.05) is 60.7 Å². The molecule has 5 atom stereocenters. The highest BCUT2D eigenvalue weighted by molar-refractivity contribution is 6.03. The van der Waals surface area contributed by atoms with Gasteiger partial charge in [-0.3, -0.25) is 14.4 Å². The monoisotopic (exact) mass is 585 g/mol. The van der Waals surface area contributed by atoms with Gasteiger partial charge in [0.05, 0.1) is 17.9 Å². The normalized spacial score (nSPS) is 25.4. The zero-order valence-electron chi connectivity index (χ0n) is 24.9. The van der Waals surface area contributed by atoms with Gasteiger partial charge in [0.2, 0.25) is 17.7 Å². The topological polar surface area (TPSA) is 90.4 Å². The van der Waals surface area contributed by atoms with Crippen LogP contribution in [-0.2, 0) is 25.7 Å². The second-order valence-electron chi connectivity index (χ2n) is 11.8. The van der Waals surface area contributed by atoms with E-state index in [2.05, 4.69) is 13.2 Å². The van der Waals surface area contributed by atoms with E-state index in [0.29, 0.717) is 51.9 Å². The first-order valence-electron chi connectivity index (χ1n) is 15.5. The lowest BCUT2D eigenvalue weighted by Gasteiger charge is -2.37. The van der Waals surface area contributed by atoms with E-state index in [1.165, 1.54) is 0 Å². The van der Waals surface area contributed by atoms with Crippen LogP contribution in [0, 0.1) is 11.8 Å². The highest BCUT2D eigenvalue weighted by Gasteiger charge is 2.74. The molecular formula is C35H43N3O5. The van der Waals surface area contributed by atoms with E-state index in [1.54, 1.807) is 26.9 Å². The Morgan fingerprint density at radius 3 is 2.30 bits per heavy atom.